The maximum absolute atomic E-state index is 11.5. The van der Waals surface area contributed by atoms with Crippen molar-refractivity contribution in [1.82, 2.24) is 9.97 Å². The Labute approximate surface area is 143 Å². The third-order valence-electron chi connectivity index (χ3n) is 3.67. The lowest BCUT2D eigenvalue weighted by Gasteiger charge is -2.13. The summed E-state index contributed by atoms with van der Waals surface area (Å²) in [6.07, 6.45) is 2.24. The van der Waals surface area contributed by atoms with E-state index >= 15 is 0 Å². The molecule has 1 fully saturated rings. The summed E-state index contributed by atoms with van der Waals surface area (Å²) in [4.78, 5) is 8.57. The van der Waals surface area contributed by atoms with E-state index in [0.29, 0.717) is 18.2 Å². The van der Waals surface area contributed by atoms with Gasteiger partial charge in [-0.1, -0.05) is 15.9 Å². The zero-order valence-corrected chi connectivity index (χ0v) is 15.0. The van der Waals surface area contributed by atoms with E-state index in [4.69, 9.17) is 0 Å². The first-order valence-corrected chi connectivity index (χ1v) is 9.86. The minimum atomic E-state index is -2.92. The number of benzene rings is 1. The maximum atomic E-state index is 11.5. The molecule has 0 spiro atoms. The van der Waals surface area contributed by atoms with Gasteiger partial charge in [0.1, 0.15) is 5.82 Å². The monoisotopic (exact) mass is 396 g/mol. The molecule has 0 aliphatic carbocycles. The van der Waals surface area contributed by atoms with Gasteiger partial charge >= 0.3 is 0 Å². The topological polar surface area (TPSA) is 84.0 Å². The van der Waals surface area contributed by atoms with Crippen molar-refractivity contribution in [2.24, 2.45) is 0 Å². The van der Waals surface area contributed by atoms with Crippen LogP contribution in [0.1, 0.15) is 12.0 Å². The van der Waals surface area contributed by atoms with E-state index in [-0.39, 0.29) is 17.5 Å². The van der Waals surface area contributed by atoms with Gasteiger partial charge in [-0.25, -0.2) is 13.4 Å². The summed E-state index contributed by atoms with van der Waals surface area (Å²) in [5.74, 6) is 1.46. The number of hydrogen-bond acceptors (Lipinski definition) is 6. The fourth-order valence-corrected chi connectivity index (χ4v) is 4.64. The summed E-state index contributed by atoms with van der Waals surface area (Å²) in [7, 11) is -2.92. The molecule has 0 bridgehead atoms. The lowest BCUT2D eigenvalue weighted by molar-refractivity contribution is 0.602. The van der Waals surface area contributed by atoms with E-state index in [9.17, 15) is 8.42 Å². The zero-order chi connectivity index (χ0) is 16.4. The molecule has 1 unspecified atom stereocenters. The van der Waals surface area contributed by atoms with Crippen LogP contribution in [0.2, 0.25) is 0 Å². The molecule has 122 valence electrons. The number of halogens is 1. The van der Waals surface area contributed by atoms with E-state index in [2.05, 4.69) is 36.5 Å². The Morgan fingerprint density at radius 3 is 2.83 bits per heavy atom. The van der Waals surface area contributed by atoms with Crippen molar-refractivity contribution < 1.29 is 8.42 Å². The Bertz CT molecular complexity index is 826. The second-order valence-electron chi connectivity index (χ2n) is 5.59. The predicted molar refractivity (Wildman–Crippen MR) is 94.9 cm³/mol. The van der Waals surface area contributed by atoms with E-state index in [1.807, 2.05) is 25.1 Å². The molecule has 2 N–H and O–H groups in total. The zero-order valence-electron chi connectivity index (χ0n) is 12.6. The Kier molecular flexibility index (Phi) is 4.54. The summed E-state index contributed by atoms with van der Waals surface area (Å²) >= 11 is 3.44. The molecule has 8 heteroatoms. The molecule has 0 radical (unpaired) electrons. The third-order valence-corrected chi connectivity index (χ3v) is 5.93. The van der Waals surface area contributed by atoms with Gasteiger partial charge in [-0.2, -0.15) is 4.98 Å². The number of hydrogen-bond donors (Lipinski definition) is 2. The van der Waals surface area contributed by atoms with Crippen molar-refractivity contribution >= 4 is 43.2 Å². The van der Waals surface area contributed by atoms with Crippen molar-refractivity contribution in [3.8, 4) is 0 Å². The van der Waals surface area contributed by atoms with Crippen molar-refractivity contribution in [1.29, 1.82) is 0 Å². The van der Waals surface area contributed by atoms with E-state index in [1.165, 1.54) is 0 Å². The summed E-state index contributed by atoms with van der Waals surface area (Å²) in [5, 5.41) is 6.35. The molecule has 2 aromatic rings. The van der Waals surface area contributed by atoms with Crippen LogP contribution in [-0.2, 0) is 9.84 Å². The van der Waals surface area contributed by atoms with Crippen molar-refractivity contribution in [3.05, 3.63) is 40.5 Å². The molecular weight excluding hydrogens is 380 g/mol. The summed E-state index contributed by atoms with van der Waals surface area (Å²) in [6, 6.07) is 7.60. The number of aromatic nitrogens is 2. The fourth-order valence-electron chi connectivity index (χ4n) is 2.49. The molecule has 1 atom stereocenters. The van der Waals surface area contributed by atoms with Gasteiger partial charge in [0.2, 0.25) is 5.95 Å². The van der Waals surface area contributed by atoms with Crippen LogP contribution in [0.3, 0.4) is 0 Å². The standard InChI is InChI=1S/C15H17BrN4O2S/c1-10-8-11(16)2-3-13(10)19-14-4-6-17-15(20-14)18-12-5-7-23(21,22)9-12/h2-4,6,8,12H,5,7,9H2,1H3,(H2,17,18,19,20). The molecule has 1 aromatic carbocycles. The molecule has 1 aliphatic rings. The van der Waals surface area contributed by atoms with Gasteiger partial charge in [0.25, 0.3) is 0 Å². The van der Waals surface area contributed by atoms with Gasteiger partial charge in [0, 0.05) is 22.4 Å². The largest absolute Gasteiger partial charge is 0.350 e. The van der Waals surface area contributed by atoms with E-state index < -0.39 is 9.84 Å². The van der Waals surface area contributed by atoms with Gasteiger partial charge in [0.05, 0.1) is 11.5 Å². The van der Waals surface area contributed by atoms with Crippen molar-refractivity contribution in [2.75, 3.05) is 22.1 Å². The molecule has 0 saturated carbocycles. The lowest BCUT2D eigenvalue weighted by Crippen LogP contribution is -2.22. The summed E-state index contributed by atoms with van der Waals surface area (Å²) in [6.45, 7) is 2.01. The fraction of sp³-hybridized carbons (Fsp3) is 0.333. The summed E-state index contributed by atoms with van der Waals surface area (Å²) < 4.78 is 24.0. The molecular formula is C15H17BrN4O2S. The van der Waals surface area contributed by atoms with Gasteiger partial charge in [-0.3, -0.25) is 0 Å². The second kappa shape index (κ2) is 6.45. The number of rotatable bonds is 4. The number of sulfone groups is 1. The first-order chi connectivity index (χ1) is 10.9. The normalized spacial score (nSPS) is 19.5. The van der Waals surface area contributed by atoms with Crippen molar-refractivity contribution in [2.45, 2.75) is 19.4 Å². The van der Waals surface area contributed by atoms with Crippen LogP contribution in [0.25, 0.3) is 0 Å². The number of anilines is 3. The smallest absolute Gasteiger partial charge is 0.224 e. The molecule has 1 aliphatic heterocycles. The molecule has 23 heavy (non-hydrogen) atoms. The number of aryl methyl sites for hydroxylation is 1. The highest BCUT2D eigenvalue weighted by Gasteiger charge is 2.28. The average Bonchev–Trinajstić information content (AvgIpc) is 2.81. The molecule has 2 heterocycles. The minimum Gasteiger partial charge on any atom is -0.350 e. The predicted octanol–water partition coefficient (Wildman–Crippen LogP) is 2.89. The first-order valence-electron chi connectivity index (χ1n) is 7.24. The number of nitrogens with zero attached hydrogens (tertiary/aromatic N) is 2. The highest BCUT2D eigenvalue weighted by Crippen LogP contribution is 2.23. The van der Waals surface area contributed by atoms with Crippen LogP contribution >= 0.6 is 15.9 Å². The Hall–Kier alpha value is -1.67. The van der Waals surface area contributed by atoms with Crippen LogP contribution in [0.5, 0.6) is 0 Å². The highest BCUT2D eigenvalue weighted by molar-refractivity contribution is 9.10. The van der Waals surface area contributed by atoms with Crippen LogP contribution in [0.15, 0.2) is 34.9 Å². The molecule has 0 amide bonds. The van der Waals surface area contributed by atoms with E-state index in [1.54, 1.807) is 12.3 Å². The van der Waals surface area contributed by atoms with Crippen LogP contribution in [0.4, 0.5) is 17.5 Å². The third kappa shape index (κ3) is 4.20. The Morgan fingerprint density at radius 1 is 1.30 bits per heavy atom. The molecule has 3 rings (SSSR count). The lowest BCUT2D eigenvalue weighted by atomic mass is 10.2. The van der Waals surface area contributed by atoms with Gasteiger partial charge in [0.15, 0.2) is 9.84 Å². The highest BCUT2D eigenvalue weighted by atomic mass is 79.9. The summed E-state index contributed by atoms with van der Waals surface area (Å²) in [5.41, 5.74) is 2.05. The second-order valence-corrected chi connectivity index (χ2v) is 8.74. The quantitative estimate of drug-likeness (QED) is 0.826. The molecule has 1 aromatic heterocycles. The van der Waals surface area contributed by atoms with Gasteiger partial charge < -0.3 is 10.6 Å². The van der Waals surface area contributed by atoms with Crippen molar-refractivity contribution in [3.63, 3.8) is 0 Å². The molecule has 6 nitrogen and oxygen atoms in total. The van der Waals surface area contributed by atoms with Crippen LogP contribution in [-0.4, -0.2) is 35.9 Å². The Balaban J connectivity index is 1.72. The van der Waals surface area contributed by atoms with Gasteiger partial charge in [-0.15, -0.1) is 0 Å². The first kappa shape index (κ1) is 16.2. The van der Waals surface area contributed by atoms with Crippen LogP contribution in [0, 0.1) is 6.92 Å². The maximum Gasteiger partial charge on any atom is 0.224 e. The van der Waals surface area contributed by atoms with Gasteiger partial charge in [-0.05, 0) is 43.2 Å². The SMILES string of the molecule is Cc1cc(Br)ccc1Nc1ccnc(NC2CCS(=O)(=O)C2)n1. The van der Waals surface area contributed by atoms with Crippen LogP contribution < -0.4 is 10.6 Å². The van der Waals surface area contributed by atoms with E-state index in [0.717, 1.165) is 15.7 Å². The Morgan fingerprint density at radius 2 is 2.13 bits per heavy atom. The average molecular weight is 397 g/mol. The number of nitrogens with one attached hydrogen (secondary N) is 2. The molecule has 1 saturated heterocycles. The minimum absolute atomic E-state index is 0.121.